The normalized spacial score (nSPS) is 20.6. The van der Waals surface area contributed by atoms with Crippen molar-refractivity contribution in [2.75, 3.05) is 11.9 Å². The third kappa shape index (κ3) is 3.21. The van der Waals surface area contributed by atoms with E-state index >= 15 is 0 Å². The van der Waals surface area contributed by atoms with Crippen molar-refractivity contribution in [1.82, 2.24) is 14.9 Å². The highest BCUT2D eigenvalue weighted by atomic mass is 35.5. The molecule has 3 heterocycles. The van der Waals surface area contributed by atoms with Gasteiger partial charge < -0.3 is 15.2 Å². The lowest BCUT2D eigenvalue weighted by molar-refractivity contribution is -0.117. The molecule has 0 bridgehead atoms. The first-order chi connectivity index (χ1) is 10.8. The van der Waals surface area contributed by atoms with Gasteiger partial charge in [0, 0.05) is 18.7 Å². The largest absolute Gasteiger partial charge is 0.328 e. The van der Waals surface area contributed by atoms with E-state index in [-0.39, 0.29) is 24.4 Å². The van der Waals surface area contributed by atoms with E-state index in [1.807, 2.05) is 12.1 Å². The van der Waals surface area contributed by atoms with Crippen LogP contribution in [0.5, 0.6) is 0 Å². The summed E-state index contributed by atoms with van der Waals surface area (Å²) < 4.78 is 2.34. The Labute approximate surface area is 142 Å². The molecule has 1 fully saturated rings. The average molecular weight is 335 g/mol. The zero-order valence-electron chi connectivity index (χ0n) is 13.2. The SMILES string of the molecule is Cl.O=C(Nc1ccc2c(c1)nc1n2CCCCC1)C1CCCN1. The topological polar surface area (TPSA) is 59.0 Å². The first kappa shape index (κ1) is 16.3. The monoisotopic (exact) mass is 334 g/mol. The van der Waals surface area contributed by atoms with Crippen LogP contribution in [-0.2, 0) is 17.8 Å². The van der Waals surface area contributed by atoms with Gasteiger partial charge in [0.2, 0.25) is 5.91 Å². The second kappa shape index (κ2) is 6.89. The van der Waals surface area contributed by atoms with Crippen molar-refractivity contribution in [2.45, 2.75) is 51.1 Å². The van der Waals surface area contributed by atoms with Gasteiger partial charge in [-0.2, -0.15) is 0 Å². The number of fused-ring (bicyclic) bond motifs is 3. The second-order valence-electron chi connectivity index (χ2n) is 6.33. The summed E-state index contributed by atoms with van der Waals surface area (Å²) in [5, 5.41) is 6.25. The predicted octanol–water partition coefficient (Wildman–Crippen LogP) is 2.88. The Morgan fingerprint density at radius 1 is 1.26 bits per heavy atom. The van der Waals surface area contributed by atoms with Crippen LogP contribution in [-0.4, -0.2) is 28.0 Å². The fourth-order valence-corrected chi connectivity index (χ4v) is 3.57. The van der Waals surface area contributed by atoms with Gasteiger partial charge in [0.25, 0.3) is 0 Å². The number of nitrogens with one attached hydrogen (secondary N) is 2. The summed E-state index contributed by atoms with van der Waals surface area (Å²) in [5.41, 5.74) is 3.03. The number of carbonyl (C=O) groups is 1. The molecule has 1 amide bonds. The van der Waals surface area contributed by atoms with Gasteiger partial charge in [-0.05, 0) is 50.4 Å². The molecule has 1 aromatic heterocycles. The fourth-order valence-electron chi connectivity index (χ4n) is 3.57. The van der Waals surface area contributed by atoms with Gasteiger partial charge in [-0.15, -0.1) is 12.4 Å². The van der Waals surface area contributed by atoms with Crippen molar-refractivity contribution in [3.05, 3.63) is 24.0 Å². The number of rotatable bonds is 2. The maximum atomic E-state index is 12.2. The summed E-state index contributed by atoms with van der Waals surface area (Å²) in [5.74, 6) is 1.26. The lowest BCUT2D eigenvalue weighted by Crippen LogP contribution is -2.35. The standard InChI is InChI=1S/C17H22N4O.ClH/c22-17(13-5-4-9-18-13)19-12-7-8-15-14(11-12)20-16-6-2-1-3-10-21(15)16;/h7-8,11,13,18H,1-6,9-10H2,(H,19,22);1H. The van der Waals surface area contributed by atoms with Gasteiger partial charge in [0.15, 0.2) is 0 Å². The van der Waals surface area contributed by atoms with Crippen LogP contribution in [0.3, 0.4) is 0 Å². The number of amides is 1. The molecule has 1 saturated heterocycles. The second-order valence-corrected chi connectivity index (χ2v) is 6.33. The van der Waals surface area contributed by atoms with Gasteiger partial charge in [-0.25, -0.2) is 4.98 Å². The van der Waals surface area contributed by atoms with E-state index in [1.54, 1.807) is 0 Å². The van der Waals surface area contributed by atoms with Crippen LogP contribution in [0.15, 0.2) is 18.2 Å². The van der Waals surface area contributed by atoms with E-state index in [9.17, 15) is 4.79 Å². The van der Waals surface area contributed by atoms with Crippen molar-refractivity contribution in [3.8, 4) is 0 Å². The molecule has 0 spiro atoms. The molecular weight excluding hydrogens is 312 g/mol. The maximum Gasteiger partial charge on any atom is 0.241 e. The first-order valence-electron chi connectivity index (χ1n) is 8.35. The zero-order valence-corrected chi connectivity index (χ0v) is 14.0. The number of hydrogen-bond acceptors (Lipinski definition) is 3. The van der Waals surface area contributed by atoms with E-state index < -0.39 is 0 Å². The number of imidazole rings is 1. The number of halogens is 1. The van der Waals surface area contributed by atoms with Gasteiger partial charge in [0.1, 0.15) is 5.82 Å². The minimum absolute atomic E-state index is 0. The molecule has 124 valence electrons. The van der Waals surface area contributed by atoms with Gasteiger partial charge in [0.05, 0.1) is 17.1 Å². The Kier molecular flexibility index (Phi) is 4.87. The maximum absolute atomic E-state index is 12.2. The van der Waals surface area contributed by atoms with E-state index in [0.717, 1.165) is 43.6 Å². The molecule has 0 aliphatic carbocycles. The van der Waals surface area contributed by atoms with Gasteiger partial charge >= 0.3 is 0 Å². The van der Waals surface area contributed by atoms with Crippen LogP contribution in [0.2, 0.25) is 0 Å². The quantitative estimate of drug-likeness (QED) is 0.887. The number of hydrogen-bond donors (Lipinski definition) is 2. The molecule has 23 heavy (non-hydrogen) atoms. The highest BCUT2D eigenvalue weighted by molar-refractivity contribution is 5.96. The average Bonchev–Trinajstić information content (AvgIpc) is 3.10. The van der Waals surface area contributed by atoms with Crippen LogP contribution in [0.4, 0.5) is 5.69 Å². The van der Waals surface area contributed by atoms with E-state index in [4.69, 9.17) is 4.98 Å². The summed E-state index contributed by atoms with van der Waals surface area (Å²) in [4.78, 5) is 17.0. The highest BCUT2D eigenvalue weighted by Gasteiger charge is 2.22. The molecule has 1 aromatic carbocycles. The molecule has 2 aliphatic heterocycles. The van der Waals surface area contributed by atoms with Crippen LogP contribution < -0.4 is 10.6 Å². The Morgan fingerprint density at radius 2 is 2.17 bits per heavy atom. The third-order valence-corrected chi connectivity index (χ3v) is 4.75. The van der Waals surface area contributed by atoms with Crippen molar-refractivity contribution < 1.29 is 4.79 Å². The number of aromatic nitrogens is 2. The molecule has 2 aromatic rings. The zero-order chi connectivity index (χ0) is 14.9. The summed E-state index contributed by atoms with van der Waals surface area (Å²) in [6, 6.07) is 6.04. The fraction of sp³-hybridized carbons (Fsp3) is 0.529. The first-order valence-corrected chi connectivity index (χ1v) is 8.35. The minimum atomic E-state index is -0.0468. The molecule has 2 aliphatic rings. The molecule has 0 saturated carbocycles. The van der Waals surface area contributed by atoms with Crippen molar-refractivity contribution >= 4 is 35.0 Å². The van der Waals surface area contributed by atoms with Crippen molar-refractivity contribution in [3.63, 3.8) is 0 Å². The summed E-state index contributed by atoms with van der Waals surface area (Å²) in [7, 11) is 0. The number of nitrogens with zero attached hydrogens (tertiary/aromatic N) is 2. The van der Waals surface area contributed by atoms with E-state index in [2.05, 4.69) is 21.3 Å². The predicted molar refractivity (Wildman–Crippen MR) is 94.2 cm³/mol. The molecule has 1 unspecified atom stereocenters. The number of benzene rings is 1. The van der Waals surface area contributed by atoms with Crippen LogP contribution in [0.1, 0.15) is 37.9 Å². The molecular formula is C17H23ClN4O. The van der Waals surface area contributed by atoms with Crippen molar-refractivity contribution in [2.24, 2.45) is 0 Å². The van der Waals surface area contributed by atoms with Crippen LogP contribution in [0, 0.1) is 0 Å². The molecule has 5 nitrogen and oxygen atoms in total. The van der Waals surface area contributed by atoms with E-state index in [1.165, 1.54) is 30.6 Å². The number of aryl methyl sites for hydroxylation is 2. The molecule has 2 N–H and O–H groups in total. The van der Waals surface area contributed by atoms with Crippen LogP contribution >= 0.6 is 12.4 Å². The van der Waals surface area contributed by atoms with Crippen LogP contribution in [0.25, 0.3) is 11.0 Å². The Balaban J connectivity index is 0.00000156. The molecule has 4 rings (SSSR count). The molecule has 1 atom stereocenters. The summed E-state index contributed by atoms with van der Waals surface area (Å²) in [6.07, 6.45) is 6.79. The molecule has 6 heteroatoms. The van der Waals surface area contributed by atoms with Gasteiger partial charge in [-0.1, -0.05) is 6.42 Å². The smallest absolute Gasteiger partial charge is 0.241 e. The Hall–Kier alpha value is -1.59. The highest BCUT2D eigenvalue weighted by Crippen LogP contribution is 2.24. The summed E-state index contributed by atoms with van der Waals surface area (Å²) >= 11 is 0. The minimum Gasteiger partial charge on any atom is -0.328 e. The molecule has 0 radical (unpaired) electrons. The van der Waals surface area contributed by atoms with E-state index in [0.29, 0.717) is 0 Å². The number of carbonyl (C=O) groups excluding carboxylic acids is 1. The van der Waals surface area contributed by atoms with Crippen molar-refractivity contribution in [1.29, 1.82) is 0 Å². The lowest BCUT2D eigenvalue weighted by atomic mass is 10.2. The summed E-state index contributed by atoms with van der Waals surface area (Å²) in [6.45, 7) is 1.99. The lowest BCUT2D eigenvalue weighted by Gasteiger charge is -2.11. The Bertz CT molecular complexity index is 706. The Morgan fingerprint density at radius 3 is 3.00 bits per heavy atom. The third-order valence-electron chi connectivity index (χ3n) is 4.75. The number of anilines is 1. The van der Waals surface area contributed by atoms with Gasteiger partial charge in [-0.3, -0.25) is 4.79 Å².